The van der Waals surface area contributed by atoms with E-state index in [4.69, 9.17) is 10.2 Å². The maximum atomic E-state index is 10.5. The first-order chi connectivity index (χ1) is 6.82. The average Bonchev–Trinajstić information content (AvgIpc) is 2.00. The molecule has 0 aromatic rings. The number of allylic oxidation sites excluding steroid dienone is 2. The largest absolute Gasteiger partial charge is 0.481 e. The summed E-state index contributed by atoms with van der Waals surface area (Å²) in [5, 5.41) is 17.1. The molecule has 1 unspecified atom stereocenters. The Balaban J connectivity index is 4.42. The Kier molecular flexibility index (Phi) is 5.37. The monoisotopic (exact) mass is 212 g/mol. The van der Waals surface area contributed by atoms with Gasteiger partial charge in [0.15, 0.2) is 0 Å². The minimum Gasteiger partial charge on any atom is -0.481 e. The maximum Gasteiger partial charge on any atom is 0.328 e. The van der Waals surface area contributed by atoms with Gasteiger partial charge in [0.25, 0.3) is 0 Å². The summed E-state index contributed by atoms with van der Waals surface area (Å²) in [7, 11) is 0. The summed E-state index contributed by atoms with van der Waals surface area (Å²) in [5.41, 5.74) is 1.56. The van der Waals surface area contributed by atoms with E-state index in [0.29, 0.717) is 12.0 Å². The van der Waals surface area contributed by atoms with Crippen LogP contribution in [0, 0.1) is 5.92 Å². The number of carbonyl (C=O) groups is 2. The number of carboxylic acids is 2. The van der Waals surface area contributed by atoms with E-state index in [0.717, 1.165) is 11.6 Å². The molecule has 0 spiro atoms. The first kappa shape index (κ1) is 13.4. The molecule has 0 fully saturated rings. The summed E-state index contributed by atoms with van der Waals surface area (Å²) in [6.45, 7) is 5.08. The topological polar surface area (TPSA) is 74.6 Å². The molecule has 4 heteroatoms. The van der Waals surface area contributed by atoms with Crippen LogP contribution in [0.2, 0.25) is 0 Å². The first-order valence-corrected chi connectivity index (χ1v) is 4.63. The number of carboxylic acid groups (broad SMARTS) is 2. The van der Waals surface area contributed by atoms with Crippen molar-refractivity contribution in [1.82, 2.24) is 0 Å². The summed E-state index contributed by atoms with van der Waals surface area (Å²) in [4.78, 5) is 20.9. The Morgan fingerprint density at radius 1 is 1.20 bits per heavy atom. The molecule has 0 amide bonds. The van der Waals surface area contributed by atoms with Crippen LogP contribution in [0.15, 0.2) is 23.3 Å². The SMILES string of the molecule is CC(=CC(=O)O)CC(C)=CC(C)C(=O)O. The van der Waals surface area contributed by atoms with Crippen LogP contribution in [-0.4, -0.2) is 22.2 Å². The van der Waals surface area contributed by atoms with Crippen LogP contribution in [0.25, 0.3) is 0 Å². The molecule has 0 saturated heterocycles. The van der Waals surface area contributed by atoms with Crippen molar-refractivity contribution < 1.29 is 19.8 Å². The van der Waals surface area contributed by atoms with Crippen LogP contribution < -0.4 is 0 Å². The average molecular weight is 212 g/mol. The van der Waals surface area contributed by atoms with Crippen LogP contribution in [0.1, 0.15) is 27.2 Å². The van der Waals surface area contributed by atoms with E-state index in [9.17, 15) is 9.59 Å². The molecule has 0 rings (SSSR count). The number of hydrogen-bond acceptors (Lipinski definition) is 2. The number of hydrogen-bond donors (Lipinski definition) is 2. The number of rotatable bonds is 5. The van der Waals surface area contributed by atoms with Gasteiger partial charge in [-0.25, -0.2) is 4.79 Å². The van der Waals surface area contributed by atoms with Crippen molar-refractivity contribution in [1.29, 1.82) is 0 Å². The second-order valence-corrected chi connectivity index (χ2v) is 3.65. The zero-order valence-corrected chi connectivity index (χ0v) is 9.15. The highest BCUT2D eigenvalue weighted by molar-refractivity contribution is 5.80. The van der Waals surface area contributed by atoms with Crippen LogP contribution >= 0.6 is 0 Å². The second-order valence-electron chi connectivity index (χ2n) is 3.65. The Hall–Kier alpha value is -1.58. The van der Waals surface area contributed by atoms with E-state index in [1.807, 2.05) is 0 Å². The molecule has 0 aliphatic carbocycles. The predicted molar refractivity (Wildman–Crippen MR) is 56.6 cm³/mol. The second kappa shape index (κ2) is 6.01. The molecule has 84 valence electrons. The first-order valence-electron chi connectivity index (χ1n) is 4.63. The summed E-state index contributed by atoms with van der Waals surface area (Å²) in [6, 6.07) is 0. The Labute approximate surface area is 88.9 Å². The van der Waals surface area contributed by atoms with E-state index in [-0.39, 0.29) is 0 Å². The van der Waals surface area contributed by atoms with Crippen LogP contribution in [0.3, 0.4) is 0 Å². The van der Waals surface area contributed by atoms with Gasteiger partial charge in [-0.1, -0.05) is 17.2 Å². The third-order valence-electron chi connectivity index (χ3n) is 1.85. The third-order valence-corrected chi connectivity index (χ3v) is 1.85. The van der Waals surface area contributed by atoms with E-state index >= 15 is 0 Å². The lowest BCUT2D eigenvalue weighted by atomic mass is 10.0. The normalized spacial score (nSPS) is 14.9. The highest BCUT2D eigenvalue weighted by Gasteiger charge is 2.07. The highest BCUT2D eigenvalue weighted by Crippen LogP contribution is 2.12. The predicted octanol–water partition coefficient (Wildman–Crippen LogP) is 2.07. The van der Waals surface area contributed by atoms with Gasteiger partial charge in [-0.2, -0.15) is 0 Å². The molecule has 0 aromatic carbocycles. The van der Waals surface area contributed by atoms with Crippen LogP contribution in [0.4, 0.5) is 0 Å². The lowest BCUT2D eigenvalue weighted by Gasteiger charge is -2.04. The summed E-state index contributed by atoms with van der Waals surface area (Å²) < 4.78 is 0. The molecule has 0 aromatic heterocycles. The van der Waals surface area contributed by atoms with Crippen molar-refractivity contribution in [2.24, 2.45) is 5.92 Å². The van der Waals surface area contributed by atoms with Gasteiger partial charge < -0.3 is 10.2 Å². The van der Waals surface area contributed by atoms with Crippen molar-refractivity contribution in [3.05, 3.63) is 23.3 Å². The van der Waals surface area contributed by atoms with Gasteiger partial charge in [0, 0.05) is 6.08 Å². The summed E-state index contributed by atoms with van der Waals surface area (Å²) >= 11 is 0. The minimum absolute atomic E-state index is 0.490. The third kappa shape index (κ3) is 6.49. The minimum atomic E-state index is -0.980. The van der Waals surface area contributed by atoms with E-state index < -0.39 is 17.9 Å². The molecular formula is C11H16O4. The molecule has 0 bridgehead atoms. The molecule has 0 aliphatic rings. The zero-order valence-electron chi connectivity index (χ0n) is 9.15. The van der Waals surface area contributed by atoms with Gasteiger partial charge in [0.1, 0.15) is 0 Å². The van der Waals surface area contributed by atoms with Gasteiger partial charge in [0.05, 0.1) is 5.92 Å². The van der Waals surface area contributed by atoms with Crippen LogP contribution in [-0.2, 0) is 9.59 Å². The van der Waals surface area contributed by atoms with Crippen molar-refractivity contribution in [2.45, 2.75) is 27.2 Å². The fourth-order valence-corrected chi connectivity index (χ4v) is 1.26. The van der Waals surface area contributed by atoms with E-state index in [1.54, 1.807) is 26.8 Å². The molecule has 15 heavy (non-hydrogen) atoms. The fourth-order valence-electron chi connectivity index (χ4n) is 1.26. The molecular weight excluding hydrogens is 196 g/mol. The molecule has 0 aliphatic heterocycles. The lowest BCUT2D eigenvalue weighted by Crippen LogP contribution is -2.06. The van der Waals surface area contributed by atoms with Crippen molar-refractivity contribution in [3.8, 4) is 0 Å². The van der Waals surface area contributed by atoms with Gasteiger partial charge in [-0.15, -0.1) is 0 Å². The summed E-state index contributed by atoms with van der Waals surface area (Å²) in [5.74, 6) is -2.40. The molecule has 1 atom stereocenters. The van der Waals surface area contributed by atoms with Crippen molar-refractivity contribution in [2.75, 3.05) is 0 Å². The molecule has 0 radical (unpaired) electrons. The van der Waals surface area contributed by atoms with E-state index in [2.05, 4.69) is 0 Å². The Morgan fingerprint density at radius 2 is 1.73 bits per heavy atom. The Bertz CT molecular complexity index is 313. The zero-order chi connectivity index (χ0) is 12.0. The molecule has 2 N–H and O–H groups in total. The van der Waals surface area contributed by atoms with Gasteiger partial charge in [0.2, 0.25) is 0 Å². The molecule has 4 nitrogen and oxygen atoms in total. The van der Waals surface area contributed by atoms with Crippen molar-refractivity contribution >= 4 is 11.9 Å². The molecule has 0 heterocycles. The van der Waals surface area contributed by atoms with Gasteiger partial charge in [-0.3, -0.25) is 4.79 Å². The fraction of sp³-hybridized carbons (Fsp3) is 0.455. The number of aliphatic carboxylic acids is 2. The van der Waals surface area contributed by atoms with Crippen LogP contribution in [0.5, 0.6) is 0 Å². The van der Waals surface area contributed by atoms with Gasteiger partial charge in [-0.05, 0) is 27.2 Å². The maximum absolute atomic E-state index is 10.5. The highest BCUT2D eigenvalue weighted by atomic mass is 16.4. The van der Waals surface area contributed by atoms with Crippen molar-refractivity contribution in [3.63, 3.8) is 0 Å². The standard InChI is InChI=1S/C11H16O4/c1-7(5-9(3)11(14)15)4-8(2)6-10(12)13/h5-6,9H,4H2,1-3H3,(H,12,13)(H,14,15). The van der Waals surface area contributed by atoms with E-state index in [1.165, 1.54) is 0 Å². The smallest absolute Gasteiger partial charge is 0.328 e. The molecule has 0 saturated carbocycles. The van der Waals surface area contributed by atoms with Gasteiger partial charge >= 0.3 is 11.9 Å². The summed E-state index contributed by atoms with van der Waals surface area (Å²) in [6.07, 6.45) is 3.24. The Morgan fingerprint density at radius 3 is 2.13 bits per heavy atom. The quantitative estimate of drug-likeness (QED) is 0.540. The lowest BCUT2D eigenvalue weighted by molar-refractivity contribution is -0.139.